The summed E-state index contributed by atoms with van der Waals surface area (Å²) >= 11 is 0. The maximum Gasteiger partial charge on any atom is 0.313 e. The number of azide groups is 1. The Kier molecular flexibility index (Phi) is 5.17. The van der Waals surface area contributed by atoms with E-state index in [-0.39, 0.29) is 6.61 Å². The summed E-state index contributed by atoms with van der Waals surface area (Å²) in [4.78, 5) is 14.4. The zero-order valence-electron chi connectivity index (χ0n) is 10.3. The molecule has 6 heteroatoms. The van der Waals surface area contributed by atoms with Crippen LogP contribution in [0.4, 0.5) is 5.69 Å². The topological polar surface area (TPSA) is 95.3 Å². The summed E-state index contributed by atoms with van der Waals surface area (Å²) in [6.45, 7) is 3.14. The van der Waals surface area contributed by atoms with Gasteiger partial charge in [0.2, 0.25) is 0 Å². The van der Waals surface area contributed by atoms with Crippen LogP contribution < -0.4 is 0 Å². The Hall–Kier alpha value is -2.04. The number of nitrogens with zero attached hydrogens (tertiary/aromatic N) is 3. The van der Waals surface area contributed by atoms with Gasteiger partial charge < -0.3 is 9.84 Å². The molecular weight excluding hydrogens is 234 g/mol. The molecule has 0 saturated heterocycles. The lowest BCUT2D eigenvalue weighted by Crippen LogP contribution is -2.22. The van der Waals surface area contributed by atoms with Gasteiger partial charge in [-0.1, -0.05) is 29.4 Å². The highest BCUT2D eigenvalue weighted by molar-refractivity contribution is 5.78. The fourth-order valence-corrected chi connectivity index (χ4v) is 1.36. The zero-order valence-corrected chi connectivity index (χ0v) is 10.3. The number of rotatable bonds is 5. The van der Waals surface area contributed by atoms with Crippen LogP contribution in [0.15, 0.2) is 29.4 Å². The molecule has 0 aliphatic rings. The Morgan fingerprint density at radius 2 is 2.06 bits per heavy atom. The van der Waals surface area contributed by atoms with Gasteiger partial charge in [0, 0.05) is 10.6 Å². The van der Waals surface area contributed by atoms with Gasteiger partial charge in [-0.05, 0) is 24.9 Å². The molecule has 0 aromatic heterocycles. The van der Waals surface area contributed by atoms with E-state index in [1.165, 1.54) is 0 Å². The second-order valence-electron chi connectivity index (χ2n) is 3.93. The van der Waals surface area contributed by atoms with Crippen LogP contribution in [0.2, 0.25) is 0 Å². The molecular formula is C12H15N3O3. The second-order valence-corrected chi connectivity index (χ2v) is 3.93. The first-order chi connectivity index (χ1) is 8.58. The number of aliphatic hydroxyl groups is 1. The molecule has 0 fully saturated rings. The van der Waals surface area contributed by atoms with Crippen LogP contribution in [0.1, 0.15) is 25.3 Å². The first kappa shape index (κ1) is 14.0. The molecule has 0 amide bonds. The van der Waals surface area contributed by atoms with Crippen LogP contribution in [0, 0.1) is 0 Å². The number of esters is 1. The minimum absolute atomic E-state index is 0.200. The van der Waals surface area contributed by atoms with Crippen LogP contribution in [-0.4, -0.2) is 23.8 Å². The van der Waals surface area contributed by atoms with E-state index in [1.54, 1.807) is 38.1 Å². The molecule has 1 rings (SSSR count). The van der Waals surface area contributed by atoms with Crippen molar-refractivity contribution in [2.24, 2.45) is 5.11 Å². The molecule has 96 valence electrons. The Morgan fingerprint density at radius 3 is 2.56 bits per heavy atom. The van der Waals surface area contributed by atoms with Gasteiger partial charge in [-0.2, -0.15) is 0 Å². The molecule has 0 radical (unpaired) electrons. The Bertz CT molecular complexity index is 452. The molecule has 18 heavy (non-hydrogen) atoms. The number of hydrogen-bond acceptors (Lipinski definition) is 4. The van der Waals surface area contributed by atoms with Crippen molar-refractivity contribution >= 4 is 11.7 Å². The van der Waals surface area contributed by atoms with Crippen molar-refractivity contribution in [3.8, 4) is 0 Å². The largest absolute Gasteiger partial charge is 0.460 e. The highest BCUT2D eigenvalue weighted by Crippen LogP contribution is 2.21. The number of hydrogen-bond donors (Lipinski definition) is 1. The van der Waals surface area contributed by atoms with Crippen molar-refractivity contribution in [2.45, 2.75) is 25.9 Å². The van der Waals surface area contributed by atoms with Crippen LogP contribution >= 0.6 is 0 Å². The summed E-state index contributed by atoms with van der Waals surface area (Å²) < 4.78 is 5.02. The summed E-state index contributed by atoms with van der Waals surface area (Å²) in [6.07, 6.45) is -0.512. The summed E-state index contributed by atoms with van der Waals surface area (Å²) in [6, 6.07) is 6.68. The summed E-state index contributed by atoms with van der Waals surface area (Å²) in [7, 11) is 0. The quantitative estimate of drug-likeness (QED) is 0.376. The maximum atomic E-state index is 11.7. The molecule has 2 unspecified atom stereocenters. The minimum Gasteiger partial charge on any atom is -0.460 e. The SMILES string of the molecule is CC(CO)OC(=O)C(C)c1ccc(N=[N+]=[N-])cc1. The average molecular weight is 249 g/mol. The third-order valence-corrected chi connectivity index (χ3v) is 2.48. The van der Waals surface area contributed by atoms with Gasteiger partial charge in [0.25, 0.3) is 0 Å². The molecule has 2 atom stereocenters. The predicted molar refractivity (Wildman–Crippen MR) is 66.3 cm³/mol. The van der Waals surface area contributed by atoms with Gasteiger partial charge in [-0.15, -0.1) is 0 Å². The van der Waals surface area contributed by atoms with Crippen molar-refractivity contribution in [3.05, 3.63) is 40.3 Å². The van der Waals surface area contributed by atoms with E-state index in [0.29, 0.717) is 5.69 Å². The number of aliphatic hydroxyl groups excluding tert-OH is 1. The monoisotopic (exact) mass is 249 g/mol. The number of carbonyl (C=O) groups is 1. The molecule has 0 aliphatic carbocycles. The standard InChI is InChI=1S/C12H15N3O3/c1-8(7-16)18-12(17)9(2)10-3-5-11(6-4-10)14-15-13/h3-6,8-9,16H,7H2,1-2H3. The fraction of sp³-hybridized carbons (Fsp3) is 0.417. The average Bonchev–Trinajstić information content (AvgIpc) is 2.39. The molecule has 6 nitrogen and oxygen atoms in total. The van der Waals surface area contributed by atoms with Crippen LogP contribution in [0.5, 0.6) is 0 Å². The van der Waals surface area contributed by atoms with Gasteiger partial charge >= 0.3 is 5.97 Å². The van der Waals surface area contributed by atoms with Crippen LogP contribution in [-0.2, 0) is 9.53 Å². The van der Waals surface area contributed by atoms with Crippen molar-refractivity contribution < 1.29 is 14.6 Å². The van der Waals surface area contributed by atoms with Crippen LogP contribution in [0.25, 0.3) is 10.4 Å². The summed E-state index contributed by atoms with van der Waals surface area (Å²) in [5, 5.41) is 12.3. The van der Waals surface area contributed by atoms with Crippen molar-refractivity contribution in [1.82, 2.24) is 0 Å². The Labute approximate surface area is 105 Å². The van der Waals surface area contributed by atoms with E-state index in [4.69, 9.17) is 15.4 Å². The van der Waals surface area contributed by atoms with E-state index in [0.717, 1.165) is 5.56 Å². The zero-order chi connectivity index (χ0) is 13.5. The summed E-state index contributed by atoms with van der Waals surface area (Å²) in [5.41, 5.74) is 9.53. The molecule has 0 bridgehead atoms. The number of ether oxygens (including phenoxy) is 1. The van der Waals surface area contributed by atoms with Crippen molar-refractivity contribution in [3.63, 3.8) is 0 Å². The highest BCUT2D eigenvalue weighted by Gasteiger charge is 2.18. The van der Waals surface area contributed by atoms with E-state index in [2.05, 4.69) is 10.0 Å². The number of benzene rings is 1. The lowest BCUT2D eigenvalue weighted by atomic mass is 10.0. The highest BCUT2D eigenvalue weighted by atomic mass is 16.6. The third kappa shape index (κ3) is 3.76. The van der Waals surface area contributed by atoms with E-state index < -0.39 is 18.0 Å². The lowest BCUT2D eigenvalue weighted by Gasteiger charge is -2.15. The molecule has 0 spiro atoms. The van der Waals surface area contributed by atoms with Gasteiger partial charge in [-0.25, -0.2) is 0 Å². The van der Waals surface area contributed by atoms with E-state index >= 15 is 0 Å². The first-order valence-electron chi connectivity index (χ1n) is 5.55. The van der Waals surface area contributed by atoms with Crippen LogP contribution in [0.3, 0.4) is 0 Å². The molecule has 1 aromatic rings. The van der Waals surface area contributed by atoms with E-state index in [9.17, 15) is 4.79 Å². The predicted octanol–water partition coefficient (Wildman–Crippen LogP) is 2.66. The second kappa shape index (κ2) is 6.64. The smallest absolute Gasteiger partial charge is 0.313 e. The number of carbonyl (C=O) groups excluding carboxylic acids is 1. The van der Waals surface area contributed by atoms with E-state index in [1.807, 2.05) is 0 Å². The lowest BCUT2D eigenvalue weighted by molar-refractivity contribution is -0.151. The van der Waals surface area contributed by atoms with Gasteiger partial charge in [0.15, 0.2) is 0 Å². The Balaban J connectivity index is 2.74. The molecule has 0 aliphatic heterocycles. The normalized spacial score (nSPS) is 13.3. The Morgan fingerprint density at radius 1 is 1.44 bits per heavy atom. The molecule has 1 aromatic carbocycles. The van der Waals surface area contributed by atoms with Crippen molar-refractivity contribution in [2.75, 3.05) is 6.61 Å². The molecule has 1 N–H and O–H groups in total. The molecule has 0 heterocycles. The fourth-order valence-electron chi connectivity index (χ4n) is 1.36. The van der Waals surface area contributed by atoms with Gasteiger partial charge in [0.05, 0.1) is 12.5 Å². The first-order valence-corrected chi connectivity index (χ1v) is 5.55. The molecule has 0 saturated carbocycles. The minimum atomic E-state index is -0.512. The maximum absolute atomic E-state index is 11.7. The van der Waals surface area contributed by atoms with Gasteiger partial charge in [0.1, 0.15) is 6.10 Å². The summed E-state index contributed by atoms with van der Waals surface area (Å²) in [5.74, 6) is -0.827. The van der Waals surface area contributed by atoms with Crippen molar-refractivity contribution in [1.29, 1.82) is 0 Å². The third-order valence-electron chi connectivity index (χ3n) is 2.48. The van der Waals surface area contributed by atoms with Gasteiger partial charge in [-0.3, -0.25) is 4.79 Å².